The molecule has 2 heterocycles. The van der Waals surface area contributed by atoms with Crippen LogP contribution in [0.5, 0.6) is 0 Å². The molecule has 0 bridgehead atoms. The summed E-state index contributed by atoms with van der Waals surface area (Å²) in [4.78, 5) is 16.0. The van der Waals surface area contributed by atoms with E-state index in [1.807, 2.05) is 91.5 Å². The van der Waals surface area contributed by atoms with Gasteiger partial charge < -0.3 is 9.47 Å². The number of aromatic amines is 1. The smallest absolute Gasteiger partial charge is 0.261 e. The van der Waals surface area contributed by atoms with Crippen LogP contribution in [0.15, 0.2) is 85.2 Å². The molecular weight excluding hydrogens is 422 g/mol. The first-order valence-electron chi connectivity index (χ1n) is 11.0. The van der Waals surface area contributed by atoms with E-state index >= 15 is 0 Å². The number of nitrogens with one attached hydrogen (secondary N) is 1. The van der Waals surface area contributed by atoms with Crippen LogP contribution in [0.4, 0.5) is 5.69 Å². The van der Waals surface area contributed by atoms with E-state index < -0.39 is 0 Å². The fraction of sp³-hybridized carbons (Fsp3) is 0.107. The van der Waals surface area contributed by atoms with E-state index in [9.17, 15) is 10.1 Å². The molecule has 0 atom stereocenters. The number of benzene rings is 3. The average Bonchev–Trinajstić information content (AvgIpc) is 3.46. The number of hydrogen-bond donors (Lipinski definition) is 1. The summed E-state index contributed by atoms with van der Waals surface area (Å²) < 4.78 is 1.98. The maximum Gasteiger partial charge on any atom is 0.261 e. The van der Waals surface area contributed by atoms with Crippen LogP contribution in [-0.4, -0.2) is 20.7 Å². The van der Waals surface area contributed by atoms with Crippen molar-refractivity contribution in [3.05, 3.63) is 108 Å². The summed E-state index contributed by atoms with van der Waals surface area (Å²) in [7, 11) is 1.95. The van der Waals surface area contributed by atoms with Gasteiger partial charge in [0.15, 0.2) is 0 Å². The Hall–Kier alpha value is -4.63. The van der Waals surface area contributed by atoms with Crippen molar-refractivity contribution in [3.8, 4) is 17.2 Å². The standard InChI is InChI=1S/C28H23N5O/c1-19-27(25(18-32(19)2)20-8-4-3-5-9-20)28(34)33(17-22-11-7-6-10-21(22)15-29)24-12-13-26-23(14-24)16-30-31-26/h3-14,16,18H,17H2,1-2H3,(H,30,31). The Morgan fingerprint density at radius 2 is 1.85 bits per heavy atom. The number of carbonyl (C=O) groups excluding carboxylic acids is 1. The summed E-state index contributed by atoms with van der Waals surface area (Å²) in [5.41, 5.74) is 6.38. The van der Waals surface area contributed by atoms with Gasteiger partial charge in [-0.05, 0) is 42.3 Å². The second-order valence-corrected chi connectivity index (χ2v) is 8.28. The van der Waals surface area contributed by atoms with Gasteiger partial charge in [0.1, 0.15) is 0 Å². The van der Waals surface area contributed by atoms with Gasteiger partial charge in [0.05, 0.1) is 35.5 Å². The fourth-order valence-electron chi connectivity index (χ4n) is 4.28. The number of hydrogen-bond acceptors (Lipinski definition) is 3. The summed E-state index contributed by atoms with van der Waals surface area (Å²) in [6.45, 7) is 2.23. The zero-order chi connectivity index (χ0) is 23.7. The second kappa shape index (κ2) is 8.72. The first kappa shape index (κ1) is 21.2. The molecule has 166 valence electrons. The highest BCUT2D eigenvalue weighted by atomic mass is 16.2. The Morgan fingerprint density at radius 3 is 2.65 bits per heavy atom. The van der Waals surface area contributed by atoms with Crippen molar-refractivity contribution in [3.63, 3.8) is 0 Å². The zero-order valence-corrected chi connectivity index (χ0v) is 19.0. The molecule has 1 N–H and O–H groups in total. The predicted octanol–water partition coefficient (Wildman–Crippen LogP) is 5.60. The molecule has 0 unspecified atom stereocenters. The van der Waals surface area contributed by atoms with E-state index in [0.717, 1.165) is 39.0 Å². The Labute approximate surface area is 197 Å². The first-order valence-corrected chi connectivity index (χ1v) is 11.0. The van der Waals surface area contributed by atoms with Crippen molar-refractivity contribution < 1.29 is 4.79 Å². The van der Waals surface area contributed by atoms with Gasteiger partial charge in [-0.25, -0.2) is 0 Å². The molecule has 3 aromatic carbocycles. The number of rotatable bonds is 5. The van der Waals surface area contributed by atoms with Crippen molar-refractivity contribution >= 4 is 22.5 Å². The van der Waals surface area contributed by atoms with Gasteiger partial charge in [-0.1, -0.05) is 48.5 Å². The minimum Gasteiger partial charge on any atom is -0.353 e. The molecule has 34 heavy (non-hydrogen) atoms. The molecule has 0 aliphatic rings. The van der Waals surface area contributed by atoms with Crippen molar-refractivity contribution in [2.75, 3.05) is 4.90 Å². The SMILES string of the molecule is Cc1c(C(=O)N(Cc2ccccc2C#N)c2ccc3[nH]ncc3c2)c(-c2ccccc2)cn1C. The number of aryl methyl sites for hydroxylation is 1. The van der Waals surface area contributed by atoms with Gasteiger partial charge in [0, 0.05) is 35.6 Å². The fourth-order valence-corrected chi connectivity index (χ4v) is 4.28. The van der Waals surface area contributed by atoms with Crippen molar-refractivity contribution in [2.45, 2.75) is 13.5 Å². The van der Waals surface area contributed by atoms with Crippen molar-refractivity contribution in [1.82, 2.24) is 14.8 Å². The van der Waals surface area contributed by atoms with Crippen LogP contribution in [0.25, 0.3) is 22.0 Å². The van der Waals surface area contributed by atoms with E-state index in [2.05, 4.69) is 16.3 Å². The number of carbonyl (C=O) groups is 1. The number of fused-ring (bicyclic) bond motifs is 1. The maximum atomic E-state index is 14.3. The molecule has 6 heteroatoms. The minimum atomic E-state index is -0.118. The van der Waals surface area contributed by atoms with Crippen LogP contribution in [0, 0.1) is 18.3 Å². The third-order valence-electron chi connectivity index (χ3n) is 6.23. The topological polar surface area (TPSA) is 77.7 Å². The average molecular weight is 446 g/mol. The second-order valence-electron chi connectivity index (χ2n) is 8.28. The van der Waals surface area contributed by atoms with Gasteiger partial charge in [-0.2, -0.15) is 10.4 Å². The lowest BCUT2D eigenvalue weighted by Gasteiger charge is -2.24. The number of nitriles is 1. The predicted molar refractivity (Wildman–Crippen MR) is 133 cm³/mol. The number of aromatic nitrogens is 3. The lowest BCUT2D eigenvalue weighted by Crippen LogP contribution is -2.31. The molecule has 0 radical (unpaired) electrons. The number of anilines is 1. The van der Waals surface area contributed by atoms with Gasteiger partial charge in [-0.15, -0.1) is 0 Å². The van der Waals surface area contributed by atoms with Crippen LogP contribution in [0.2, 0.25) is 0 Å². The number of nitrogens with zero attached hydrogens (tertiary/aromatic N) is 4. The highest BCUT2D eigenvalue weighted by Gasteiger charge is 2.26. The minimum absolute atomic E-state index is 0.118. The molecule has 0 saturated carbocycles. The molecular formula is C28H23N5O. The third-order valence-corrected chi connectivity index (χ3v) is 6.23. The van der Waals surface area contributed by atoms with Gasteiger partial charge in [0.2, 0.25) is 0 Å². The molecule has 0 aliphatic carbocycles. The highest BCUT2D eigenvalue weighted by Crippen LogP contribution is 2.32. The van der Waals surface area contributed by atoms with Crippen LogP contribution in [0.3, 0.4) is 0 Å². The highest BCUT2D eigenvalue weighted by molar-refractivity contribution is 6.11. The lowest BCUT2D eigenvalue weighted by atomic mass is 10.0. The van der Waals surface area contributed by atoms with Crippen LogP contribution in [0.1, 0.15) is 27.2 Å². The van der Waals surface area contributed by atoms with Crippen LogP contribution >= 0.6 is 0 Å². The zero-order valence-electron chi connectivity index (χ0n) is 19.0. The largest absolute Gasteiger partial charge is 0.353 e. The quantitative estimate of drug-likeness (QED) is 0.383. The summed E-state index contributed by atoms with van der Waals surface area (Å²) in [5.74, 6) is -0.118. The first-order chi connectivity index (χ1) is 16.6. The summed E-state index contributed by atoms with van der Waals surface area (Å²) in [6.07, 6.45) is 3.74. The summed E-state index contributed by atoms with van der Waals surface area (Å²) >= 11 is 0. The monoisotopic (exact) mass is 445 g/mol. The summed E-state index contributed by atoms with van der Waals surface area (Å²) in [6, 6.07) is 25.4. The van der Waals surface area contributed by atoms with Gasteiger partial charge >= 0.3 is 0 Å². The van der Waals surface area contributed by atoms with E-state index in [1.165, 1.54) is 0 Å². The molecule has 5 aromatic rings. The van der Waals surface area contributed by atoms with E-state index in [1.54, 1.807) is 17.2 Å². The summed E-state index contributed by atoms with van der Waals surface area (Å²) in [5, 5.41) is 17.6. The van der Waals surface area contributed by atoms with Gasteiger partial charge in [0.25, 0.3) is 5.91 Å². The molecule has 6 nitrogen and oxygen atoms in total. The molecule has 0 fully saturated rings. The molecule has 5 rings (SSSR count). The third kappa shape index (κ3) is 3.74. The van der Waals surface area contributed by atoms with Crippen LogP contribution in [-0.2, 0) is 13.6 Å². The molecule has 0 saturated heterocycles. The van der Waals surface area contributed by atoms with E-state index in [-0.39, 0.29) is 12.5 Å². The lowest BCUT2D eigenvalue weighted by molar-refractivity contribution is 0.0985. The molecule has 1 amide bonds. The Morgan fingerprint density at radius 1 is 1.09 bits per heavy atom. The Bertz CT molecular complexity index is 1540. The van der Waals surface area contributed by atoms with Gasteiger partial charge in [-0.3, -0.25) is 9.89 Å². The van der Waals surface area contributed by atoms with E-state index in [0.29, 0.717) is 11.1 Å². The molecule has 2 aromatic heterocycles. The number of amides is 1. The van der Waals surface area contributed by atoms with Crippen LogP contribution < -0.4 is 4.90 Å². The number of H-pyrrole nitrogens is 1. The Kier molecular flexibility index (Phi) is 5.44. The maximum absolute atomic E-state index is 14.3. The molecule has 0 aliphatic heterocycles. The van der Waals surface area contributed by atoms with Crippen molar-refractivity contribution in [2.24, 2.45) is 7.05 Å². The Balaban J connectivity index is 1.67. The molecule has 0 spiro atoms. The van der Waals surface area contributed by atoms with E-state index in [4.69, 9.17) is 0 Å². The van der Waals surface area contributed by atoms with Crippen molar-refractivity contribution in [1.29, 1.82) is 5.26 Å². The normalized spacial score (nSPS) is 10.9.